The van der Waals surface area contributed by atoms with Gasteiger partial charge in [-0.1, -0.05) is 77.3 Å². The van der Waals surface area contributed by atoms with Gasteiger partial charge in [0.15, 0.2) is 0 Å². The first kappa shape index (κ1) is 33.1. The monoisotopic (exact) mass is 574 g/mol. The highest BCUT2D eigenvalue weighted by atomic mass is 16.5. The van der Waals surface area contributed by atoms with Gasteiger partial charge in [-0.2, -0.15) is 0 Å². The summed E-state index contributed by atoms with van der Waals surface area (Å²) < 4.78 is 11.9. The summed E-state index contributed by atoms with van der Waals surface area (Å²) >= 11 is 0. The van der Waals surface area contributed by atoms with Gasteiger partial charge in [0.2, 0.25) is 5.88 Å². The third-order valence-electron chi connectivity index (χ3n) is 7.66. The molecule has 2 heterocycles. The minimum absolute atomic E-state index is 0.0476. The molecule has 5 rings (SSSR count). The molecule has 1 aliphatic heterocycles. The quantitative estimate of drug-likeness (QED) is 0.262. The van der Waals surface area contributed by atoms with Crippen LogP contribution in [0.3, 0.4) is 0 Å². The van der Waals surface area contributed by atoms with Gasteiger partial charge in [-0.3, -0.25) is 9.69 Å². The molecule has 1 unspecified atom stereocenters. The molecule has 0 spiro atoms. The highest BCUT2D eigenvalue weighted by Crippen LogP contribution is 2.38. The number of ether oxygens (including phenoxy) is 2. The topological polar surface area (TPSA) is 71.9 Å². The zero-order chi connectivity index (χ0) is 30.6. The number of aryl methyl sites for hydroxylation is 1. The normalized spacial score (nSPS) is 15.8. The van der Waals surface area contributed by atoms with Crippen molar-refractivity contribution < 1.29 is 19.4 Å². The lowest BCUT2D eigenvalue weighted by atomic mass is 9.91. The molecule has 2 aromatic carbocycles. The lowest BCUT2D eigenvalue weighted by Gasteiger charge is -2.29. The van der Waals surface area contributed by atoms with Gasteiger partial charge in [0, 0.05) is 24.8 Å². The second-order valence-electron chi connectivity index (χ2n) is 11.3. The van der Waals surface area contributed by atoms with Gasteiger partial charge in [0.1, 0.15) is 11.9 Å². The zero-order valence-electron chi connectivity index (χ0n) is 26.7. The van der Waals surface area contributed by atoms with Crippen LogP contribution in [0.4, 0.5) is 0 Å². The minimum Gasteiger partial charge on any atom is -0.485 e. The summed E-state index contributed by atoms with van der Waals surface area (Å²) in [5, 5.41) is 9.30. The Morgan fingerprint density at radius 2 is 1.81 bits per heavy atom. The van der Waals surface area contributed by atoms with Crippen molar-refractivity contribution in [3.63, 3.8) is 0 Å². The third kappa shape index (κ3) is 9.32. The number of aromatic nitrogens is 1. The van der Waals surface area contributed by atoms with E-state index >= 15 is 0 Å². The first-order valence-electron chi connectivity index (χ1n) is 15.7. The van der Waals surface area contributed by atoms with Gasteiger partial charge >= 0.3 is 5.97 Å². The van der Waals surface area contributed by atoms with Crippen LogP contribution in [0, 0.1) is 5.92 Å². The molecule has 2 aliphatic rings. The summed E-state index contributed by atoms with van der Waals surface area (Å²) in [6.07, 6.45) is 8.57. The van der Waals surface area contributed by atoms with Crippen LogP contribution in [0.15, 0.2) is 54.7 Å². The van der Waals surface area contributed by atoms with Gasteiger partial charge < -0.3 is 14.6 Å². The molecule has 42 heavy (non-hydrogen) atoms. The molecule has 3 aromatic rings. The van der Waals surface area contributed by atoms with Crippen LogP contribution in [-0.4, -0.2) is 40.7 Å². The number of fused-ring (bicyclic) bond motifs is 1. The molecule has 228 valence electrons. The van der Waals surface area contributed by atoms with E-state index in [0.29, 0.717) is 18.3 Å². The van der Waals surface area contributed by atoms with Crippen molar-refractivity contribution in [2.45, 2.75) is 98.8 Å². The molecule has 0 bridgehead atoms. The molecule has 0 radical (unpaired) electrons. The Labute approximate surface area is 253 Å². The second-order valence-corrected chi connectivity index (χ2v) is 11.3. The zero-order valence-corrected chi connectivity index (χ0v) is 26.7. The Bertz CT molecular complexity index is 1280. The SMILES string of the molecule is C1CC1.CC.CCN(Cc1cc([C@@H]2CCc3ccc(CC(C)C(=O)O)cc3O2)ccc1-c1ccnc(OC)c1)C(C)C. The maximum absolute atomic E-state index is 11.3. The number of hydrogen-bond acceptors (Lipinski definition) is 5. The number of aliphatic carboxylic acids is 1. The van der Waals surface area contributed by atoms with E-state index in [4.69, 9.17) is 9.47 Å². The molecule has 6 nitrogen and oxygen atoms in total. The average molecular weight is 575 g/mol. The van der Waals surface area contributed by atoms with E-state index in [2.05, 4.69) is 54.9 Å². The summed E-state index contributed by atoms with van der Waals surface area (Å²) in [6, 6.07) is 17.2. The fourth-order valence-corrected chi connectivity index (χ4v) is 5.01. The van der Waals surface area contributed by atoms with Crippen LogP contribution in [-0.2, 0) is 24.2 Å². The van der Waals surface area contributed by atoms with Crippen molar-refractivity contribution >= 4 is 5.97 Å². The maximum Gasteiger partial charge on any atom is 0.306 e. The predicted molar refractivity (Wildman–Crippen MR) is 171 cm³/mol. The van der Waals surface area contributed by atoms with Gasteiger partial charge in [-0.15, -0.1) is 0 Å². The van der Waals surface area contributed by atoms with Crippen molar-refractivity contribution in [1.29, 1.82) is 0 Å². The van der Waals surface area contributed by atoms with E-state index < -0.39 is 11.9 Å². The number of rotatable bonds is 10. The third-order valence-corrected chi connectivity index (χ3v) is 7.66. The van der Waals surface area contributed by atoms with E-state index in [9.17, 15) is 9.90 Å². The fraction of sp³-hybridized carbons (Fsp3) is 0.500. The van der Waals surface area contributed by atoms with E-state index in [1.165, 1.54) is 36.0 Å². The Balaban J connectivity index is 0.000000891. The lowest BCUT2D eigenvalue weighted by molar-refractivity contribution is -0.141. The fourth-order valence-electron chi connectivity index (χ4n) is 5.01. The van der Waals surface area contributed by atoms with Crippen molar-refractivity contribution in [3.8, 4) is 22.8 Å². The average Bonchev–Trinajstić information content (AvgIpc) is 3.90. The number of benzene rings is 2. The van der Waals surface area contributed by atoms with Crippen LogP contribution in [0.5, 0.6) is 11.6 Å². The van der Waals surface area contributed by atoms with Gasteiger partial charge in [-0.25, -0.2) is 4.98 Å². The molecule has 1 fully saturated rings. The van der Waals surface area contributed by atoms with Crippen LogP contribution in [0.1, 0.15) is 95.6 Å². The second kappa shape index (κ2) is 16.3. The number of hydrogen-bond donors (Lipinski definition) is 1. The Kier molecular flexibility index (Phi) is 12.9. The van der Waals surface area contributed by atoms with E-state index in [0.717, 1.165) is 48.4 Å². The molecule has 1 aromatic heterocycles. The van der Waals surface area contributed by atoms with Crippen molar-refractivity contribution in [2.75, 3.05) is 13.7 Å². The van der Waals surface area contributed by atoms with Crippen LogP contribution in [0.25, 0.3) is 11.1 Å². The van der Waals surface area contributed by atoms with Crippen molar-refractivity contribution in [2.24, 2.45) is 5.92 Å². The molecule has 0 amide bonds. The molecule has 2 atom stereocenters. The summed E-state index contributed by atoms with van der Waals surface area (Å²) in [6.45, 7) is 14.2. The molecule has 1 aliphatic carbocycles. The molecule has 1 N–H and O–H groups in total. The molecule has 6 heteroatoms. The van der Waals surface area contributed by atoms with Crippen LogP contribution < -0.4 is 9.47 Å². The van der Waals surface area contributed by atoms with Gasteiger partial charge in [0.25, 0.3) is 0 Å². The van der Waals surface area contributed by atoms with Gasteiger partial charge in [0.05, 0.1) is 13.0 Å². The van der Waals surface area contributed by atoms with Crippen LogP contribution in [0.2, 0.25) is 0 Å². The Morgan fingerprint density at radius 1 is 1.07 bits per heavy atom. The van der Waals surface area contributed by atoms with Crippen LogP contribution >= 0.6 is 0 Å². The largest absolute Gasteiger partial charge is 0.485 e. The predicted octanol–water partition coefficient (Wildman–Crippen LogP) is 8.51. The standard InChI is InChI=1S/C31H38N2O4.C3H6.C2H6/c1-6-33(20(2)3)19-26-17-25(9-11-27(26)24-13-14-32-30(18-24)36-5)28-12-10-23-8-7-22(16-29(23)37-28)15-21(4)31(34)35;1-2-3-1;1-2/h7-9,11,13-14,16-18,20-21,28H,6,10,12,15,19H2,1-5H3,(H,34,35);1-3H2;1-2H3/t21?,28-;;/m0../s1. The summed E-state index contributed by atoms with van der Waals surface area (Å²) in [5.41, 5.74) is 6.84. The summed E-state index contributed by atoms with van der Waals surface area (Å²) in [7, 11) is 1.64. The number of carboxylic acid groups (broad SMARTS) is 1. The van der Waals surface area contributed by atoms with E-state index in [-0.39, 0.29) is 6.10 Å². The summed E-state index contributed by atoms with van der Waals surface area (Å²) in [5.74, 6) is 0.262. The molecular weight excluding hydrogens is 524 g/mol. The first-order valence-corrected chi connectivity index (χ1v) is 15.7. The minimum atomic E-state index is -0.779. The highest BCUT2D eigenvalue weighted by Gasteiger charge is 2.24. The number of carbonyl (C=O) groups is 1. The molecular formula is C36H50N2O4. The Morgan fingerprint density at radius 3 is 2.43 bits per heavy atom. The van der Waals surface area contributed by atoms with Crippen molar-refractivity contribution in [1.82, 2.24) is 9.88 Å². The van der Waals surface area contributed by atoms with Crippen molar-refractivity contribution in [3.05, 3.63) is 77.0 Å². The first-order chi connectivity index (χ1) is 20.3. The maximum atomic E-state index is 11.3. The smallest absolute Gasteiger partial charge is 0.306 e. The molecule has 0 saturated heterocycles. The molecule has 1 saturated carbocycles. The van der Waals surface area contributed by atoms with E-state index in [1.54, 1.807) is 20.2 Å². The lowest BCUT2D eigenvalue weighted by Crippen LogP contribution is -2.30. The number of nitrogens with zero attached hydrogens (tertiary/aromatic N) is 2. The van der Waals surface area contributed by atoms with Gasteiger partial charge in [-0.05, 0) is 85.2 Å². The Hall–Kier alpha value is -3.38. The summed E-state index contributed by atoms with van der Waals surface area (Å²) in [4.78, 5) is 18.1. The number of pyridine rings is 1. The number of methoxy groups -OCH3 is 1. The van der Waals surface area contributed by atoms with E-state index in [1.807, 2.05) is 38.1 Å². The number of carboxylic acids is 1. The highest BCUT2D eigenvalue weighted by molar-refractivity contribution is 5.70.